The molecule has 1 unspecified atom stereocenters. The number of halogens is 2. The van der Waals surface area contributed by atoms with Crippen LogP contribution < -0.4 is 10.1 Å². The predicted octanol–water partition coefficient (Wildman–Crippen LogP) is 5.41. The number of carbonyl (C=O) groups excluding carboxylic acids is 1. The number of benzene rings is 2. The zero-order valence-corrected chi connectivity index (χ0v) is 14.8. The lowest BCUT2D eigenvalue weighted by molar-refractivity contribution is -0.122. The van der Waals surface area contributed by atoms with E-state index in [4.69, 9.17) is 27.9 Å². The van der Waals surface area contributed by atoms with E-state index in [0.29, 0.717) is 27.9 Å². The molecule has 1 amide bonds. The normalized spacial score (nSPS) is 11.9. The zero-order valence-electron chi connectivity index (χ0n) is 13.3. The highest BCUT2D eigenvalue weighted by Crippen LogP contribution is 2.24. The minimum absolute atomic E-state index is 0.231. The minimum atomic E-state index is -0.589. The van der Waals surface area contributed by atoms with Gasteiger partial charge < -0.3 is 10.1 Å². The van der Waals surface area contributed by atoms with Gasteiger partial charge in [-0.2, -0.15) is 0 Å². The summed E-state index contributed by atoms with van der Waals surface area (Å²) in [7, 11) is 0. The van der Waals surface area contributed by atoms with Crippen LogP contribution in [0.5, 0.6) is 5.75 Å². The Labute approximate surface area is 146 Å². The number of amides is 1. The van der Waals surface area contributed by atoms with E-state index in [9.17, 15) is 4.79 Å². The summed E-state index contributed by atoms with van der Waals surface area (Å²) in [6.45, 7) is 5.88. The topological polar surface area (TPSA) is 38.3 Å². The summed E-state index contributed by atoms with van der Waals surface area (Å²) in [4.78, 5) is 12.4. The van der Waals surface area contributed by atoms with Gasteiger partial charge in [0, 0.05) is 15.7 Å². The van der Waals surface area contributed by atoms with Crippen molar-refractivity contribution in [3.05, 3.63) is 57.6 Å². The standard InChI is InChI=1S/C18H19Cl2NO2/c1-4-16(23-17-6-5-11(2)7-12(17)3)18(22)21-15-9-13(19)8-14(20)10-15/h5-10,16H,4H2,1-3H3,(H,21,22). The minimum Gasteiger partial charge on any atom is -0.480 e. The molecule has 0 saturated heterocycles. The van der Waals surface area contributed by atoms with Gasteiger partial charge in [-0.3, -0.25) is 4.79 Å². The molecular formula is C18H19Cl2NO2. The molecule has 0 radical (unpaired) electrons. The fourth-order valence-corrected chi connectivity index (χ4v) is 2.78. The van der Waals surface area contributed by atoms with Crippen LogP contribution in [-0.4, -0.2) is 12.0 Å². The van der Waals surface area contributed by atoms with Crippen LogP contribution in [0.4, 0.5) is 5.69 Å². The average Bonchev–Trinajstić information content (AvgIpc) is 2.45. The van der Waals surface area contributed by atoms with Crippen molar-refractivity contribution in [2.45, 2.75) is 33.3 Å². The van der Waals surface area contributed by atoms with Gasteiger partial charge in [-0.1, -0.05) is 47.8 Å². The molecule has 0 aromatic heterocycles. The highest BCUT2D eigenvalue weighted by Gasteiger charge is 2.19. The first-order valence-electron chi connectivity index (χ1n) is 7.40. The van der Waals surface area contributed by atoms with Crippen LogP contribution in [0.3, 0.4) is 0 Å². The van der Waals surface area contributed by atoms with Crippen molar-refractivity contribution in [3.63, 3.8) is 0 Å². The summed E-state index contributed by atoms with van der Waals surface area (Å²) in [6, 6.07) is 10.8. The van der Waals surface area contributed by atoms with Crippen molar-refractivity contribution in [1.29, 1.82) is 0 Å². The quantitative estimate of drug-likeness (QED) is 0.782. The van der Waals surface area contributed by atoms with Gasteiger partial charge in [-0.15, -0.1) is 0 Å². The fraction of sp³-hybridized carbons (Fsp3) is 0.278. The van der Waals surface area contributed by atoms with Crippen LogP contribution in [0.25, 0.3) is 0 Å². The largest absolute Gasteiger partial charge is 0.480 e. The summed E-state index contributed by atoms with van der Waals surface area (Å²) in [5, 5.41) is 3.73. The molecular weight excluding hydrogens is 333 g/mol. The van der Waals surface area contributed by atoms with E-state index in [2.05, 4.69) is 5.32 Å². The third-order valence-electron chi connectivity index (χ3n) is 3.39. The van der Waals surface area contributed by atoms with E-state index in [-0.39, 0.29) is 5.91 Å². The van der Waals surface area contributed by atoms with Gasteiger partial charge in [0.1, 0.15) is 5.75 Å². The maximum Gasteiger partial charge on any atom is 0.265 e. The number of ether oxygens (including phenoxy) is 1. The molecule has 2 aromatic rings. The zero-order chi connectivity index (χ0) is 17.0. The Morgan fingerprint density at radius 2 is 1.78 bits per heavy atom. The highest BCUT2D eigenvalue weighted by molar-refractivity contribution is 6.35. The monoisotopic (exact) mass is 351 g/mol. The van der Waals surface area contributed by atoms with Crippen LogP contribution in [0, 0.1) is 13.8 Å². The van der Waals surface area contributed by atoms with Gasteiger partial charge in [0.05, 0.1) is 0 Å². The van der Waals surface area contributed by atoms with E-state index in [1.54, 1.807) is 18.2 Å². The van der Waals surface area contributed by atoms with Crippen LogP contribution >= 0.6 is 23.2 Å². The maximum atomic E-state index is 12.4. The van der Waals surface area contributed by atoms with E-state index >= 15 is 0 Å². The van der Waals surface area contributed by atoms with E-state index in [1.807, 2.05) is 39.0 Å². The molecule has 2 rings (SSSR count). The summed E-state index contributed by atoms with van der Waals surface area (Å²) >= 11 is 11.9. The Morgan fingerprint density at radius 3 is 2.35 bits per heavy atom. The van der Waals surface area contributed by atoms with Crippen LogP contribution in [-0.2, 0) is 4.79 Å². The van der Waals surface area contributed by atoms with Crippen molar-refractivity contribution in [3.8, 4) is 5.75 Å². The summed E-state index contributed by atoms with van der Waals surface area (Å²) in [5.41, 5.74) is 2.71. The number of hydrogen-bond donors (Lipinski definition) is 1. The number of nitrogens with one attached hydrogen (secondary N) is 1. The molecule has 3 nitrogen and oxygen atoms in total. The second-order valence-corrected chi connectivity index (χ2v) is 6.30. The van der Waals surface area contributed by atoms with Crippen LogP contribution in [0.1, 0.15) is 24.5 Å². The number of rotatable bonds is 5. The van der Waals surface area contributed by atoms with Gasteiger partial charge >= 0.3 is 0 Å². The molecule has 0 fully saturated rings. The number of hydrogen-bond acceptors (Lipinski definition) is 2. The van der Waals surface area contributed by atoms with Gasteiger partial charge in [-0.05, 0) is 50.1 Å². The molecule has 0 aliphatic carbocycles. The molecule has 0 spiro atoms. The predicted molar refractivity (Wildman–Crippen MR) is 95.7 cm³/mol. The average molecular weight is 352 g/mol. The highest BCUT2D eigenvalue weighted by atomic mass is 35.5. The lowest BCUT2D eigenvalue weighted by Gasteiger charge is -2.19. The van der Waals surface area contributed by atoms with Crippen molar-refractivity contribution in [2.24, 2.45) is 0 Å². The Balaban J connectivity index is 2.12. The molecule has 0 aliphatic heterocycles. The van der Waals surface area contributed by atoms with Crippen molar-refractivity contribution in [1.82, 2.24) is 0 Å². The number of carbonyl (C=O) groups is 1. The van der Waals surface area contributed by atoms with Crippen molar-refractivity contribution in [2.75, 3.05) is 5.32 Å². The smallest absolute Gasteiger partial charge is 0.265 e. The molecule has 122 valence electrons. The SMILES string of the molecule is CCC(Oc1ccc(C)cc1C)C(=O)Nc1cc(Cl)cc(Cl)c1. The molecule has 1 atom stereocenters. The lowest BCUT2D eigenvalue weighted by Crippen LogP contribution is -2.32. The molecule has 0 aliphatic rings. The summed E-state index contributed by atoms with van der Waals surface area (Å²) in [5.74, 6) is 0.479. The first kappa shape index (κ1) is 17.6. The Bertz CT molecular complexity index is 696. The molecule has 5 heteroatoms. The molecule has 0 heterocycles. The third-order valence-corrected chi connectivity index (χ3v) is 3.83. The van der Waals surface area contributed by atoms with E-state index in [0.717, 1.165) is 11.1 Å². The van der Waals surface area contributed by atoms with Gasteiger partial charge in [0.25, 0.3) is 5.91 Å². The second-order valence-electron chi connectivity index (χ2n) is 5.43. The second kappa shape index (κ2) is 7.71. The molecule has 0 bridgehead atoms. The Hall–Kier alpha value is -1.71. The van der Waals surface area contributed by atoms with Gasteiger partial charge in [0.2, 0.25) is 0 Å². The molecule has 1 N–H and O–H groups in total. The number of anilines is 1. The lowest BCUT2D eigenvalue weighted by atomic mass is 10.1. The molecule has 2 aromatic carbocycles. The van der Waals surface area contributed by atoms with E-state index < -0.39 is 6.10 Å². The van der Waals surface area contributed by atoms with Crippen LogP contribution in [0.15, 0.2) is 36.4 Å². The van der Waals surface area contributed by atoms with Gasteiger partial charge in [-0.25, -0.2) is 0 Å². The maximum absolute atomic E-state index is 12.4. The number of aryl methyl sites for hydroxylation is 2. The molecule has 0 saturated carbocycles. The van der Waals surface area contributed by atoms with Crippen molar-refractivity contribution < 1.29 is 9.53 Å². The van der Waals surface area contributed by atoms with Crippen LogP contribution in [0.2, 0.25) is 10.0 Å². The molecule has 23 heavy (non-hydrogen) atoms. The summed E-state index contributed by atoms with van der Waals surface area (Å²) in [6.07, 6.45) is -0.0397. The summed E-state index contributed by atoms with van der Waals surface area (Å²) < 4.78 is 5.87. The Morgan fingerprint density at radius 1 is 1.13 bits per heavy atom. The van der Waals surface area contributed by atoms with Gasteiger partial charge in [0.15, 0.2) is 6.10 Å². The third kappa shape index (κ3) is 4.88. The van der Waals surface area contributed by atoms with E-state index in [1.165, 1.54) is 0 Å². The first-order chi connectivity index (χ1) is 10.9. The first-order valence-corrected chi connectivity index (χ1v) is 8.15. The fourth-order valence-electron chi connectivity index (χ4n) is 2.26. The van der Waals surface area contributed by atoms with Crippen molar-refractivity contribution >= 4 is 34.8 Å². The Kier molecular flexibility index (Phi) is 5.91.